The van der Waals surface area contributed by atoms with Crippen molar-refractivity contribution >= 4 is 0 Å². The SMILES string of the molecule is COc1ccc(-c2cnc(CCCNC(C)C)o2)cc1. The molecule has 0 bridgehead atoms. The number of nitrogens with one attached hydrogen (secondary N) is 1. The first-order chi connectivity index (χ1) is 9.69. The van der Waals surface area contributed by atoms with Gasteiger partial charge < -0.3 is 14.5 Å². The summed E-state index contributed by atoms with van der Waals surface area (Å²) in [7, 11) is 1.66. The molecule has 0 aliphatic heterocycles. The first-order valence-electron chi connectivity index (χ1n) is 7.01. The second kappa shape index (κ2) is 7.10. The molecule has 2 rings (SSSR count). The first-order valence-corrected chi connectivity index (χ1v) is 7.01. The highest BCUT2D eigenvalue weighted by Gasteiger charge is 2.06. The van der Waals surface area contributed by atoms with Crippen LogP contribution >= 0.6 is 0 Å². The van der Waals surface area contributed by atoms with E-state index in [1.807, 2.05) is 24.3 Å². The standard InChI is InChI=1S/C16H22N2O2/c1-12(2)17-10-4-5-16-18-11-15(20-16)13-6-8-14(19-3)9-7-13/h6-9,11-12,17H,4-5,10H2,1-3H3. The van der Waals surface area contributed by atoms with Gasteiger partial charge in [0.2, 0.25) is 0 Å². The Labute approximate surface area is 120 Å². The maximum absolute atomic E-state index is 5.77. The predicted octanol–water partition coefficient (Wildman–Crippen LogP) is 3.28. The third-order valence-electron chi connectivity index (χ3n) is 3.05. The summed E-state index contributed by atoms with van der Waals surface area (Å²) in [6.45, 7) is 5.28. The number of rotatable bonds is 7. The molecule has 1 aromatic heterocycles. The van der Waals surface area contributed by atoms with Crippen LogP contribution in [0.1, 0.15) is 26.2 Å². The number of ether oxygens (including phenoxy) is 1. The van der Waals surface area contributed by atoms with E-state index in [0.717, 1.165) is 42.4 Å². The minimum absolute atomic E-state index is 0.523. The molecule has 0 fully saturated rings. The van der Waals surface area contributed by atoms with Crippen LogP contribution in [-0.4, -0.2) is 24.7 Å². The molecule has 0 unspecified atom stereocenters. The lowest BCUT2D eigenvalue weighted by molar-refractivity contribution is 0.415. The van der Waals surface area contributed by atoms with Crippen molar-refractivity contribution < 1.29 is 9.15 Å². The van der Waals surface area contributed by atoms with Gasteiger partial charge in [0, 0.05) is 18.0 Å². The van der Waals surface area contributed by atoms with E-state index in [-0.39, 0.29) is 0 Å². The summed E-state index contributed by atoms with van der Waals surface area (Å²) in [6.07, 6.45) is 3.67. The lowest BCUT2D eigenvalue weighted by Gasteiger charge is -2.05. The van der Waals surface area contributed by atoms with Crippen molar-refractivity contribution in [2.75, 3.05) is 13.7 Å². The minimum atomic E-state index is 0.523. The highest BCUT2D eigenvalue weighted by atomic mass is 16.5. The highest BCUT2D eigenvalue weighted by molar-refractivity contribution is 5.57. The lowest BCUT2D eigenvalue weighted by atomic mass is 10.2. The van der Waals surface area contributed by atoms with E-state index in [4.69, 9.17) is 9.15 Å². The average molecular weight is 274 g/mol. The van der Waals surface area contributed by atoms with Crippen LogP contribution in [0.4, 0.5) is 0 Å². The molecule has 4 heteroatoms. The molecule has 1 heterocycles. The second-order valence-corrected chi connectivity index (χ2v) is 5.06. The van der Waals surface area contributed by atoms with Crippen LogP contribution in [0.3, 0.4) is 0 Å². The zero-order valence-corrected chi connectivity index (χ0v) is 12.3. The Morgan fingerprint density at radius 2 is 2.00 bits per heavy atom. The van der Waals surface area contributed by atoms with Crippen molar-refractivity contribution in [2.45, 2.75) is 32.7 Å². The van der Waals surface area contributed by atoms with Crippen molar-refractivity contribution in [1.29, 1.82) is 0 Å². The number of nitrogens with zero attached hydrogens (tertiary/aromatic N) is 1. The zero-order valence-electron chi connectivity index (χ0n) is 12.3. The molecular formula is C16H22N2O2. The van der Waals surface area contributed by atoms with Gasteiger partial charge >= 0.3 is 0 Å². The number of oxazole rings is 1. The van der Waals surface area contributed by atoms with Gasteiger partial charge in [0.1, 0.15) is 5.75 Å². The van der Waals surface area contributed by atoms with Gasteiger partial charge in [-0.25, -0.2) is 4.98 Å². The van der Waals surface area contributed by atoms with Crippen LogP contribution in [0, 0.1) is 0 Å². The summed E-state index contributed by atoms with van der Waals surface area (Å²) in [6, 6.07) is 8.32. The molecule has 4 nitrogen and oxygen atoms in total. The fourth-order valence-electron chi connectivity index (χ4n) is 1.94. The third kappa shape index (κ3) is 4.10. The zero-order chi connectivity index (χ0) is 14.4. The number of methoxy groups -OCH3 is 1. The number of hydrogen-bond donors (Lipinski definition) is 1. The summed E-state index contributed by atoms with van der Waals surface area (Å²) < 4.78 is 10.9. The smallest absolute Gasteiger partial charge is 0.194 e. The Kier molecular flexibility index (Phi) is 5.18. The average Bonchev–Trinajstić information content (AvgIpc) is 2.92. The van der Waals surface area contributed by atoms with Gasteiger partial charge in [0.15, 0.2) is 11.7 Å². The maximum Gasteiger partial charge on any atom is 0.194 e. The molecule has 0 atom stereocenters. The summed E-state index contributed by atoms with van der Waals surface area (Å²) in [5, 5.41) is 3.38. The van der Waals surface area contributed by atoms with Gasteiger partial charge in [-0.3, -0.25) is 0 Å². The molecule has 0 aliphatic rings. The molecule has 1 N–H and O–H groups in total. The molecule has 0 radical (unpaired) electrons. The highest BCUT2D eigenvalue weighted by Crippen LogP contribution is 2.23. The Bertz CT molecular complexity index is 518. The van der Waals surface area contributed by atoms with Gasteiger partial charge in [0.25, 0.3) is 0 Å². The Morgan fingerprint density at radius 3 is 2.65 bits per heavy atom. The number of aromatic nitrogens is 1. The van der Waals surface area contributed by atoms with E-state index in [0.29, 0.717) is 6.04 Å². The van der Waals surface area contributed by atoms with Gasteiger partial charge in [-0.15, -0.1) is 0 Å². The van der Waals surface area contributed by atoms with Crippen LogP contribution in [0.2, 0.25) is 0 Å². The van der Waals surface area contributed by atoms with Crippen molar-refractivity contribution in [3.63, 3.8) is 0 Å². The summed E-state index contributed by atoms with van der Waals surface area (Å²) >= 11 is 0. The maximum atomic E-state index is 5.77. The molecular weight excluding hydrogens is 252 g/mol. The predicted molar refractivity (Wildman–Crippen MR) is 80.0 cm³/mol. The van der Waals surface area contributed by atoms with Gasteiger partial charge in [-0.2, -0.15) is 0 Å². The quantitative estimate of drug-likeness (QED) is 0.787. The molecule has 0 saturated heterocycles. The van der Waals surface area contributed by atoms with Crippen LogP contribution in [0.25, 0.3) is 11.3 Å². The minimum Gasteiger partial charge on any atom is -0.497 e. The molecule has 0 amide bonds. The third-order valence-corrected chi connectivity index (χ3v) is 3.05. The van der Waals surface area contributed by atoms with Crippen molar-refractivity contribution in [1.82, 2.24) is 10.3 Å². The van der Waals surface area contributed by atoms with E-state index in [9.17, 15) is 0 Å². The van der Waals surface area contributed by atoms with Crippen LogP contribution < -0.4 is 10.1 Å². The molecule has 0 aliphatic carbocycles. The topological polar surface area (TPSA) is 47.3 Å². The van der Waals surface area contributed by atoms with Gasteiger partial charge in [0.05, 0.1) is 13.3 Å². The van der Waals surface area contributed by atoms with Gasteiger partial charge in [-0.05, 0) is 37.2 Å². The number of hydrogen-bond acceptors (Lipinski definition) is 4. The molecule has 1 aromatic carbocycles. The van der Waals surface area contributed by atoms with Gasteiger partial charge in [-0.1, -0.05) is 13.8 Å². The normalized spacial score (nSPS) is 11.0. The number of benzene rings is 1. The lowest BCUT2D eigenvalue weighted by Crippen LogP contribution is -2.23. The van der Waals surface area contributed by atoms with Crippen LogP contribution in [0.5, 0.6) is 5.75 Å². The summed E-state index contributed by atoms with van der Waals surface area (Å²) in [5.74, 6) is 2.44. The second-order valence-electron chi connectivity index (χ2n) is 5.06. The van der Waals surface area contributed by atoms with E-state index in [1.165, 1.54) is 0 Å². The van der Waals surface area contributed by atoms with Crippen molar-refractivity contribution in [3.8, 4) is 17.1 Å². The van der Waals surface area contributed by atoms with Crippen LogP contribution in [-0.2, 0) is 6.42 Å². The summed E-state index contributed by atoms with van der Waals surface area (Å²) in [4.78, 5) is 4.33. The van der Waals surface area contributed by atoms with E-state index in [2.05, 4.69) is 24.1 Å². The number of aryl methyl sites for hydroxylation is 1. The largest absolute Gasteiger partial charge is 0.497 e. The van der Waals surface area contributed by atoms with E-state index in [1.54, 1.807) is 13.3 Å². The van der Waals surface area contributed by atoms with Crippen LogP contribution in [0.15, 0.2) is 34.9 Å². The molecule has 0 saturated carbocycles. The Morgan fingerprint density at radius 1 is 1.25 bits per heavy atom. The monoisotopic (exact) mass is 274 g/mol. The fourth-order valence-corrected chi connectivity index (χ4v) is 1.94. The molecule has 20 heavy (non-hydrogen) atoms. The van der Waals surface area contributed by atoms with E-state index < -0.39 is 0 Å². The summed E-state index contributed by atoms with van der Waals surface area (Å²) in [5.41, 5.74) is 1.02. The molecule has 108 valence electrons. The van der Waals surface area contributed by atoms with Crippen molar-refractivity contribution in [2.24, 2.45) is 0 Å². The Hall–Kier alpha value is -1.81. The fraction of sp³-hybridized carbons (Fsp3) is 0.438. The van der Waals surface area contributed by atoms with Crippen molar-refractivity contribution in [3.05, 3.63) is 36.4 Å². The molecule has 0 spiro atoms. The molecule has 2 aromatic rings. The Balaban J connectivity index is 1.90. The van der Waals surface area contributed by atoms with E-state index >= 15 is 0 Å². The first kappa shape index (κ1) is 14.6.